The molecule has 0 spiro atoms. The molecule has 0 aliphatic rings. The van der Waals surface area contributed by atoms with Crippen LogP contribution in [0.15, 0.2) is 18.2 Å². The largest absolute Gasteiger partial charge is 0.488 e. The molecular formula is C15H21FO3. The van der Waals surface area contributed by atoms with Crippen LogP contribution in [0.5, 0.6) is 5.75 Å². The number of hydrogen-bond acceptors (Lipinski definition) is 3. The van der Waals surface area contributed by atoms with Crippen LogP contribution in [0.4, 0.5) is 4.39 Å². The van der Waals surface area contributed by atoms with Crippen LogP contribution in [0.2, 0.25) is 0 Å². The molecule has 0 amide bonds. The van der Waals surface area contributed by atoms with E-state index in [9.17, 15) is 9.18 Å². The second kappa shape index (κ2) is 7.89. The van der Waals surface area contributed by atoms with Gasteiger partial charge in [-0.25, -0.2) is 4.39 Å². The maximum absolute atomic E-state index is 13.6. The molecule has 0 radical (unpaired) electrons. The Balaban J connectivity index is 2.32. The molecule has 0 aliphatic carbocycles. The van der Waals surface area contributed by atoms with Crippen molar-refractivity contribution in [1.29, 1.82) is 0 Å². The Morgan fingerprint density at radius 3 is 2.58 bits per heavy atom. The third-order valence-electron chi connectivity index (χ3n) is 2.66. The van der Waals surface area contributed by atoms with Crippen molar-refractivity contribution >= 4 is 5.78 Å². The lowest BCUT2D eigenvalue weighted by Crippen LogP contribution is -2.09. The van der Waals surface area contributed by atoms with Gasteiger partial charge in [0.05, 0.1) is 6.61 Å². The molecule has 3 nitrogen and oxygen atoms in total. The standard InChI is InChI=1S/C15H21FO3/c1-11(2)6-7-18-8-9-19-15-5-4-13(12(3)17)10-14(15)16/h4-5,10-11H,6-9H2,1-3H3. The summed E-state index contributed by atoms with van der Waals surface area (Å²) in [6.07, 6.45) is 1.00. The maximum Gasteiger partial charge on any atom is 0.165 e. The number of hydrogen-bond donors (Lipinski definition) is 0. The fraction of sp³-hybridized carbons (Fsp3) is 0.533. The average molecular weight is 268 g/mol. The monoisotopic (exact) mass is 268 g/mol. The SMILES string of the molecule is CC(=O)c1ccc(OCCOCCC(C)C)c(F)c1. The molecule has 106 valence electrons. The minimum atomic E-state index is -0.519. The second-order valence-corrected chi connectivity index (χ2v) is 4.84. The Labute approximate surface area is 113 Å². The number of halogens is 1. The summed E-state index contributed by atoms with van der Waals surface area (Å²) in [5.74, 6) is 0.0762. The molecule has 1 aromatic rings. The van der Waals surface area contributed by atoms with Crippen LogP contribution in [0.25, 0.3) is 0 Å². The Morgan fingerprint density at radius 2 is 2.00 bits per heavy atom. The zero-order chi connectivity index (χ0) is 14.3. The lowest BCUT2D eigenvalue weighted by molar-refractivity contribution is 0.0912. The lowest BCUT2D eigenvalue weighted by Gasteiger charge is -2.09. The molecule has 1 aromatic carbocycles. The number of carbonyl (C=O) groups excluding carboxylic acids is 1. The fourth-order valence-electron chi connectivity index (χ4n) is 1.47. The van der Waals surface area contributed by atoms with Gasteiger partial charge in [0.1, 0.15) is 6.61 Å². The van der Waals surface area contributed by atoms with Crippen molar-refractivity contribution in [2.45, 2.75) is 27.2 Å². The van der Waals surface area contributed by atoms with Gasteiger partial charge in [0, 0.05) is 12.2 Å². The van der Waals surface area contributed by atoms with Crippen molar-refractivity contribution in [3.05, 3.63) is 29.6 Å². The number of ketones is 1. The molecule has 19 heavy (non-hydrogen) atoms. The summed E-state index contributed by atoms with van der Waals surface area (Å²) in [6.45, 7) is 7.08. The summed E-state index contributed by atoms with van der Waals surface area (Å²) >= 11 is 0. The van der Waals surface area contributed by atoms with Crippen LogP contribution < -0.4 is 4.74 Å². The highest BCUT2D eigenvalue weighted by Crippen LogP contribution is 2.18. The second-order valence-electron chi connectivity index (χ2n) is 4.84. The van der Waals surface area contributed by atoms with Crippen LogP contribution in [0.3, 0.4) is 0 Å². The van der Waals surface area contributed by atoms with Gasteiger partial charge in [-0.2, -0.15) is 0 Å². The van der Waals surface area contributed by atoms with E-state index in [1.54, 1.807) is 6.07 Å². The highest BCUT2D eigenvalue weighted by atomic mass is 19.1. The average Bonchev–Trinajstić information content (AvgIpc) is 2.34. The van der Waals surface area contributed by atoms with Gasteiger partial charge in [0.15, 0.2) is 17.3 Å². The van der Waals surface area contributed by atoms with E-state index in [4.69, 9.17) is 9.47 Å². The molecule has 0 heterocycles. The molecule has 0 bridgehead atoms. The quantitative estimate of drug-likeness (QED) is 0.535. The van der Waals surface area contributed by atoms with Gasteiger partial charge < -0.3 is 9.47 Å². The number of benzene rings is 1. The predicted molar refractivity (Wildman–Crippen MR) is 72.2 cm³/mol. The van der Waals surface area contributed by atoms with Gasteiger partial charge in [-0.1, -0.05) is 13.8 Å². The lowest BCUT2D eigenvalue weighted by atomic mass is 10.1. The van der Waals surface area contributed by atoms with Gasteiger partial charge in [-0.15, -0.1) is 0 Å². The zero-order valence-corrected chi connectivity index (χ0v) is 11.7. The summed E-state index contributed by atoms with van der Waals surface area (Å²) in [6, 6.07) is 4.22. The number of rotatable bonds is 8. The van der Waals surface area contributed by atoms with E-state index in [2.05, 4.69) is 13.8 Å². The van der Waals surface area contributed by atoms with E-state index >= 15 is 0 Å². The van der Waals surface area contributed by atoms with Crippen LogP contribution in [0.1, 0.15) is 37.6 Å². The number of carbonyl (C=O) groups is 1. The first-order valence-electron chi connectivity index (χ1n) is 6.51. The summed E-state index contributed by atoms with van der Waals surface area (Å²) in [5, 5.41) is 0. The first-order valence-corrected chi connectivity index (χ1v) is 6.51. The number of ether oxygens (including phenoxy) is 2. The third-order valence-corrected chi connectivity index (χ3v) is 2.66. The first-order chi connectivity index (χ1) is 9.00. The molecule has 0 aromatic heterocycles. The van der Waals surface area contributed by atoms with Gasteiger partial charge in [-0.05, 0) is 37.5 Å². The minimum Gasteiger partial charge on any atom is -0.488 e. The summed E-state index contributed by atoms with van der Waals surface area (Å²) in [5.41, 5.74) is 0.345. The summed E-state index contributed by atoms with van der Waals surface area (Å²) < 4.78 is 24.2. The van der Waals surface area contributed by atoms with E-state index < -0.39 is 5.82 Å². The maximum atomic E-state index is 13.6. The van der Waals surface area contributed by atoms with Crippen molar-refractivity contribution in [3.8, 4) is 5.75 Å². The molecule has 0 fully saturated rings. The predicted octanol–water partition coefficient (Wildman–Crippen LogP) is 3.47. The summed E-state index contributed by atoms with van der Waals surface area (Å²) in [4.78, 5) is 11.1. The Morgan fingerprint density at radius 1 is 1.26 bits per heavy atom. The topological polar surface area (TPSA) is 35.5 Å². The van der Waals surface area contributed by atoms with Gasteiger partial charge in [-0.3, -0.25) is 4.79 Å². The molecule has 0 saturated heterocycles. The Hall–Kier alpha value is -1.42. The van der Waals surface area contributed by atoms with Crippen LogP contribution >= 0.6 is 0 Å². The van der Waals surface area contributed by atoms with Gasteiger partial charge >= 0.3 is 0 Å². The molecule has 1 rings (SSSR count). The highest BCUT2D eigenvalue weighted by molar-refractivity contribution is 5.94. The highest BCUT2D eigenvalue weighted by Gasteiger charge is 2.07. The van der Waals surface area contributed by atoms with E-state index in [-0.39, 0.29) is 11.5 Å². The van der Waals surface area contributed by atoms with E-state index in [1.807, 2.05) is 0 Å². The van der Waals surface area contributed by atoms with Crippen molar-refractivity contribution in [1.82, 2.24) is 0 Å². The zero-order valence-electron chi connectivity index (χ0n) is 11.7. The van der Waals surface area contributed by atoms with Crippen molar-refractivity contribution < 1.29 is 18.7 Å². The molecule has 0 aliphatic heterocycles. The molecule has 0 unspecified atom stereocenters. The molecular weight excluding hydrogens is 247 g/mol. The third kappa shape index (κ3) is 5.83. The Kier molecular flexibility index (Phi) is 6.50. The molecule has 0 N–H and O–H groups in total. The molecule has 0 saturated carbocycles. The smallest absolute Gasteiger partial charge is 0.165 e. The van der Waals surface area contributed by atoms with Crippen molar-refractivity contribution in [3.63, 3.8) is 0 Å². The van der Waals surface area contributed by atoms with Crippen molar-refractivity contribution in [2.75, 3.05) is 19.8 Å². The first kappa shape index (κ1) is 15.6. The minimum absolute atomic E-state index is 0.150. The van der Waals surface area contributed by atoms with Crippen LogP contribution in [0, 0.1) is 11.7 Å². The fourth-order valence-corrected chi connectivity index (χ4v) is 1.47. The van der Waals surface area contributed by atoms with Crippen molar-refractivity contribution in [2.24, 2.45) is 5.92 Å². The number of Topliss-reactive ketones (excluding diaryl/α,β-unsaturated/α-hetero) is 1. The van der Waals surface area contributed by atoms with Crippen LogP contribution in [-0.4, -0.2) is 25.6 Å². The van der Waals surface area contributed by atoms with E-state index in [0.717, 1.165) is 6.42 Å². The van der Waals surface area contributed by atoms with E-state index in [0.29, 0.717) is 31.3 Å². The van der Waals surface area contributed by atoms with Gasteiger partial charge in [0.25, 0.3) is 0 Å². The van der Waals surface area contributed by atoms with Crippen LogP contribution in [-0.2, 0) is 4.74 Å². The molecule has 4 heteroatoms. The van der Waals surface area contributed by atoms with E-state index in [1.165, 1.54) is 19.1 Å². The van der Waals surface area contributed by atoms with Gasteiger partial charge in [0.2, 0.25) is 0 Å². The normalized spacial score (nSPS) is 10.8. The Bertz CT molecular complexity index is 416. The summed E-state index contributed by atoms with van der Waals surface area (Å²) in [7, 11) is 0. The molecule has 0 atom stereocenters.